The number of hydrogen-bond donors (Lipinski definition) is 4. The van der Waals surface area contributed by atoms with Crippen LogP contribution in [0.2, 0.25) is 0 Å². The third-order valence-electron chi connectivity index (χ3n) is 4.98. The Morgan fingerprint density at radius 1 is 1.26 bits per heavy atom. The molecule has 4 rings (SSSR count). The minimum Gasteiger partial charge on any atom is -0.475 e. The Labute approximate surface area is 176 Å². The molecule has 0 aliphatic carbocycles. The van der Waals surface area contributed by atoms with Crippen molar-refractivity contribution in [2.45, 2.75) is 32.4 Å². The summed E-state index contributed by atoms with van der Waals surface area (Å²) in [6.07, 6.45) is -1.86. The molecule has 0 saturated carbocycles. The van der Waals surface area contributed by atoms with Gasteiger partial charge in [0.25, 0.3) is 0 Å². The Balaban J connectivity index is 0.000000339. The van der Waals surface area contributed by atoms with Gasteiger partial charge in [-0.05, 0) is 24.6 Å². The third kappa shape index (κ3) is 5.35. The zero-order valence-corrected chi connectivity index (χ0v) is 17.1. The zero-order chi connectivity index (χ0) is 22.6. The molecule has 0 radical (unpaired) electrons. The molecular weight excluding hydrogens is 413 g/mol. The van der Waals surface area contributed by atoms with Crippen molar-refractivity contribution in [2.24, 2.45) is 0 Å². The normalized spacial score (nSPS) is 14.5. The quantitative estimate of drug-likeness (QED) is 0.494. The molecule has 0 spiro atoms. The highest BCUT2D eigenvalue weighted by Crippen LogP contribution is 2.30. The number of rotatable bonds is 4. The van der Waals surface area contributed by atoms with Gasteiger partial charge >= 0.3 is 12.1 Å². The van der Waals surface area contributed by atoms with Gasteiger partial charge in [-0.2, -0.15) is 13.2 Å². The minimum absolute atomic E-state index is 0.530. The van der Waals surface area contributed by atoms with Crippen molar-refractivity contribution in [1.29, 1.82) is 0 Å². The number of H-pyrrole nitrogens is 1. The molecule has 8 nitrogen and oxygen atoms in total. The molecule has 3 aromatic rings. The van der Waals surface area contributed by atoms with Crippen molar-refractivity contribution in [3.05, 3.63) is 24.0 Å². The summed E-state index contributed by atoms with van der Waals surface area (Å²) in [7, 11) is 0. The number of benzene rings is 1. The molecule has 1 saturated heterocycles. The molecule has 1 aromatic carbocycles. The molecule has 11 heteroatoms. The van der Waals surface area contributed by atoms with Crippen LogP contribution in [0, 0.1) is 0 Å². The molecule has 3 heterocycles. The number of nitrogen functional groups attached to an aromatic ring is 1. The van der Waals surface area contributed by atoms with Gasteiger partial charge in [-0.15, -0.1) is 0 Å². The fourth-order valence-corrected chi connectivity index (χ4v) is 3.38. The summed E-state index contributed by atoms with van der Waals surface area (Å²) < 4.78 is 31.7. The predicted octanol–water partition coefficient (Wildman–Crippen LogP) is 3.08. The molecule has 0 unspecified atom stereocenters. The first-order valence-electron chi connectivity index (χ1n) is 10.0. The van der Waals surface area contributed by atoms with Crippen molar-refractivity contribution in [2.75, 3.05) is 36.8 Å². The summed E-state index contributed by atoms with van der Waals surface area (Å²) in [5.74, 6) is -1.23. The Morgan fingerprint density at radius 2 is 1.94 bits per heavy atom. The van der Waals surface area contributed by atoms with Crippen LogP contribution < -0.4 is 16.0 Å². The molecule has 1 fully saturated rings. The number of aliphatic carboxylic acids is 1. The molecule has 168 valence electrons. The maximum Gasteiger partial charge on any atom is 0.490 e. The Kier molecular flexibility index (Phi) is 6.84. The lowest BCUT2D eigenvalue weighted by Gasteiger charge is -2.29. The van der Waals surface area contributed by atoms with E-state index in [1.165, 1.54) is 5.69 Å². The number of pyridine rings is 1. The number of carboxylic acid groups (broad SMARTS) is 1. The van der Waals surface area contributed by atoms with Crippen LogP contribution in [0.1, 0.15) is 25.6 Å². The zero-order valence-electron chi connectivity index (χ0n) is 17.1. The summed E-state index contributed by atoms with van der Waals surface area (Å²) in [5.41, 5.74) is 10.1. The van der Waals surface area contributed by atoms with E-state index in [1.54, 1.807) is 0 Å². The van der Waals surface area contributed by atoms with Gasteiger partial charge in [0.05, 0.1) is 5.52 Å². The number of unbranched alkanes of at least 4 members (excludes halogenated alkanes) is 1. The lowest BCUT2D eigenvalue weighted by Crippen LogP contribution is -2.43. The summed E-state index contributed by atoms with van der Waals surface area (Å²) in [5, 5.41) is 11.6. The largest absolute Gasteiger partial charge is 0.490 e. The van der Waals surface area contributed by atoms with Gasteiger partial charge < -0.3 is 26.0 Å². The summed E-state index contributed by atoms with van der Waals surface area (Å²) in [6, 6.07) is 6.40. The van der Waals surface area contributed by atoms with E-state index in [1.807, 2.05) is 0 Å². The monoisotopic (exact) mass is 438 g/mol. The van der Waals surface area contributed by atoms with Gasteiger partial charge in [0.1, 0.15) is 22.7 Å². The molecule has 1 aliphatic heterocycles. The number of nitrogens with two attached hydrogens (primary N) is 1. The van der Waals surface area contributed by atoms with Gasteiger partial charge in [-0.25, -0.2) is 14.8 Å². The van der Waals surface area contributed by atoms with E-state index in [0.29, 0.717) is 5.82 Å². The molecule has 0 bridgehead atoms. The fourth-order valence-electron chi connectivity index (χ4n) is 3.38. The first-order valence-corrected chi connectivity index (χ1v) is 10.0. The first kappa shape index (κ1) is 22.6. The summed E-state index contributed by atoms with van der Waals surface area (Å²) in [6.45, 7) is 6.29. The maximum absolute atomic E-state index is 10.6. The van der Waals surface area contributed by atoms with Gasteiger partial charge in [0.15, 0.2) is 0 Å². The van der Waals surface area contributed by atoms with Crippen LogP contribution in [0.15, 0.2) is 18.2 Å². The van der Waals surface area contributed by atoms with Crippen LogP contribution in [0.3, 0.4) is 0 Å². The highest BCUT2D eigenvalue weighted by molar-refractivity contribution is 6.07. The molecule has 2 aromatic heterocycles. The van der Waals surface area contributed by atoms with Crippen molar-refractivity contribution in [1.82, 2.24) is 20.3 Å². The molecule has 31 heavy (non-hydrogen) atoms. The van der Waals surface area contributed by atoms with Crippen molar-refractivity contribution >= 4 is 39.4 Å². The number of halogens is 3. The number of aryl methyl sites for hydroxylation is 1. The van der Waals surface area contributed by atoms with Crippen LogP contribution in [0.4, 0.5) is 24.7 Å². The maximum atomic E-state index is 10.6. The topological polar surface area (TPSA) is 120 Å². The average Bonchev–Trinajstić information content (AvgIpc) is 3.18. The Hall–Kier alpha value is -3.08. The van der Waals surface area contributed by atoms with E-state index in [-0.39, 0.29) is 0 Å². The lowest BCUT2D eigenvalue weighted by atomic mass is 10.1. The number of imidazole rings is 1. The van der Waals surface area contributed by atoms with E-state index in [0.717, 1.165) is 73.2 Å². The second kappa shape index (κ2) is 9.38. The molecule has 5 N–H and O–H groups in total. The highest BCUT2D eigenvalue weighted by atomic mass is 19.4. The number of anilines is 2. The highest BCUT2D eigenvalue weighted by Gasteiger charge is 2.38. The third-order valence-corrected chi connectivity index (χ3v) is 4.98. The molecule has 1 aliphatic rings. The van der Waals surface area contributed by atoms with E-state index >= 15 is 0 Å². The molecule has 0 amide bonds. The number of alkyl halides is 3. The van der Waals surface area contributed by atoms with Crippen LogP contribution in [-0.4, -0.2) is 58.4 Å². The fraction of sp³-hybridized carbons (Fsp3) is 0.450. The number of nitrogens with one attached hydrogen (secondary N) is 2. The predicted molar refractivity (Wildman–Crippen MR) is 113 cm³/mol. The number of hydrogen-bond acceptors (Lipinski definition) is 6. The van der Waals surface area contributed by atoms with Crippen molar-refractivity contribution in [3.8, 4) is 0 Å². The number of aromatic amines is 1. The lowest BCUT2D eigenvalue weighted by molar-refractivity contribution is -0.192. The average molecular weight is 438 g/mol. The number of fused-ring (bicyclic) bond motifs is 3. The first-order chi connectivity index (χ1) is 14.7. The van der Waals surface area contributed by atoms with Crippen LogP contribution >= 0.6 is 0 Å². The Bertz CT molecular complexity index is 1060. The van der Waals surface area contributed by atoms with Crippen molar-refractivity contribution in [3.63, 3.8) is 0 Å². The number of aromatic nitrogens is 3. The SMILES string of the molecule is CCCCc1nc2c([nH]1)c(N)nc1ccc(N3CCNCC3)cc12.O=C(O)C(F)(F)F. The molecule has 0 atom stereocenters. The number of piperazine rings is 1. The van der Waals surface area contributed by atoms with Gasteiger partial charge in [0.2, 0.25) is 0 Å². The second-order valence-electron chi connectivity index (χ2n) is 7.25. The van der Waals surface area contributed by atoms with Crippen LogP contribution in [-0.2, 0) is 11.2 Å². The van der Waals surface area contributed by atoms with Gasteiger partial charge in [-0.3, -0.25) is 0 Å². The van der Waals surface area contributed by atoms with E-state index in [9.17, 15) is 13.2 Å². The van der Waals surface area contributed by atoms with Crippen LogP contribution in [0.25, 0.3) is 21.9 Å². The number of nitrogens with zero attached hydrogens (tertiary/aromatic N) is 3. The summed E-state index contributed by atoms with van der Waals surface area (Å²) >= 11 is 0. The standard InChI is InChI=1S/C18H24N6.C2HF3O2/c1-2-3-4-15-22-16-13-11-12(24-9-7-20-8-10-24)5-6-14(13)21-18(19)17(16)23-15;3-2(4,5)1(6)7/h5-6,11,20H,2-4,7-10H2,1H3,(H2,19,21)(H,22,23);(H,6,7). The van der Waals surface area contributed by atoms with Crippen LogP contribution in [0.5, 0.6) is 0 Å². The van der Waals surface area contributed by atoms with E-state index < -0.39 is 12.1 Å². The van der Waals surface area contributed by atoms with Gasteiger partial charge in [-0.1, -0.05) is 13.3 Å². The second-order valence-corrected chi connectivity index (χ2v) is 7.25. The number of carbonyl (C=O) groups is 1. The Morgan fingerprint density at radius 3 is 2.55 bits per heavy atom. The van der Waals surface area contributed by atoms with Crippen molar-refractivity contribution < 1.29 is 23.1 Å². The number of carboxylic acids is 1. The minimum atomic E-state index is -5.08. The smallest absolute Gasteiger partial charge is 0.475 e. The molecular formula is C20H25F3N6O2. The van der Waals surface area contributed by atoms with E-state index in [4.69, 9.17) is 20.6 Å². The summed E-state index contributed by atoms with van der Waals surface area (Å²) in [4.78, 5) is 24.0. The van der Waals surface area contributed by atoms with Gasteiger partial charge in [0, 0.05) is 43.7 Å². The van der Waals surface area contributed by atoms with E-state index in [2.05, 4.69) is 45.3 Å².